The lowest BCUT2D eigenvalue weighted by Gasteiger charge is -2.31. The normalized spacial score (nSPS) is 15.9. The van der Waals surface area contributed by atoms with Gasteiger partial charge < -0.3 is 10.1 Å². The van der Waals surface area contributed by atoms with Crippen LogP contribution in [0.2, 0.25) is 5.02 Å². The van der Waals surface area contributed by atoms with Crippen molar-refractivity contribution in [2.24, 2.45) is 0 Å². The standard InChI is InChI=1S/C21H22ClFN4O3S2/c22-16-12-20(32(28,29)26-21-24-6-11-31-21)17(23)13-18(16)25-19(15-4-2-1-3-5-15)14-27-7-9-30-10-8-27/h1-6,11-13,19,25H,7-10,14H2,(H,24,26). The van der Waals surface area contributed by atoms with Gasteiger partial charge in [-0.15, -0.1) is 11.3 Å². The van der Waals surface area contributed by atoms with Crippen molar-refractivity contribution in [1.82, 2.24) is 9.88 Å². The molecule has 0 bridgehead atoms. The van der Waals surface area contributed by atoms with E-state index in [9.17, 15) is 12.8 Å². The summed E-state index contributed by atoms with van der Waals surface area (Å²) >= 11 is 7.49. The second kappa shape index (κ2) is 10.1. The first-order valence-corrected chi connectivity index (χ1v) is 12.7. The fourth-order valence-electron chi connectivity index (χ4n) is 3.44. The van der Waals surface area contributed by atoms with Gasteiger partial charge in [0.25, 0.3) is 10.0 Å². The lowest BCUT2D eigenvalue weighted by atomic mass is 10.1. The highest BCUT2D eigenvalue weighted by molar-refractivity contribution is 7.93. The Labute approximate surface area is 195 Å². The van der Waals surface area contributed by atoms with Gasteiger partial charge in [0.05, 0.1) is 30.0 Å². The summed E-state index contributed by atoms with van der Waals surface area (Å²) in [6, 6.07) is 11.8. The first kappa shape index (κ1) is 22.9. The van der Waals surface area contributed by atoms with Gasteiger partial charge >= 0.3 is 0 Å². The second-order valence-corrected chi connectivity index (χ2v) is 10.2. The summed E-state index contributed by atoms with van der Waals surface area (Å²) in [4.78, 5) is 5.60. The SMILES string of the molecule is O=S(=O)(Nc1nccs1)c1cc(Cl)c(NC(CN2CCOCC2)c2ccccc2)cc1F. The monoisotopic (exact) mass is 496 g/mol. The van der Waals surface area contributed by atoms with E-state index in [1.54, 1.807) is 5.38 Å². The molecule has 1 atom stereocenters. The Bertz CT molecular complexity index is 1140. The summed E-state index contributed by atoms with van der Waals surface area (Å²) in [6.45, 7) is 3.58. The molecule has 2 heterocycles. The second-order valence-electron chi connectivity index (χ2n) is 7.23. The largest absolute Gasteiger partial charge is 0.379 e. The summed E-state index contributed by atoms with van der Waals surface area (Å²) < 4.78 is 47.8. The zero-order valence-electron chi connectivity index (χ0n) is 17.0. The van der Waals surface area contributed by atoms with Gasteiger partial charge in [-0.2, -0.15) is 0 Å². The van der Waals surface area contributed by atoms with Crippen molar-refractivity contribution in [3.05, 3.63) is 70.4 Å². The van der Waals surface area contributed by atoms with Crippen LogP contribution in [0.3, 0.4) is 0 Å². The molecule has 1 unspecified atom stereocenters. The Hall–Kier alpha value is -2.24. The number of nitrogens with one attached hydrogen (secondary N) is 2. The minimum absolute atomic E-state index is 0.105. The molecule has 7 nitrogen and oxygen atoms in total. The maximum Gasteiger partial charge on any atom is 0.266 e. The zero-order chi connectivity index (χ0) is 22.6. The van der Waals surface area contributed by atoms with Crippen LogP contribution in [0.1, 0.15) is 11.6 Å². The van der Waals surface area contributed by atoms with Crippen molar-refractivity contribution in [1.29, 1.82) is 0 Å². The van der Waals surface area contributed by atoms with E-state index in [2.05, 4.69) is 19.9 Å². The lowest BCUT2D eigenvalue weighted by Crippen LogP contribution is -2.40. The molecule has 0 saturated carbocycles. The average molecular weight is 497 g/mol. The Kier molecular flexibility index (Phi) is 7.27. The van der Waals surface area contributed by atoms with Crippen molar-refractivity contribution in [3.8, 4) is 0 Å². The van der Waals surface area contributed by atoms with E-state index in [0.29, 0.717) is 25.4 Å². The van der Waals surface area contributed by atoms with Crippen LogP contribution in [0.5, 0.6) is 0 Å². The summed E-state index contributed by atoms with van der Waals surface area (Å²) in [5.41, 5.74) is 1.33. The fraction of sp³-hybridized carbons (Fsp3) is 0.286. The third-order valence-electron chi connectivity index (χ3n) is 5.04. The number of hydrogen-bond acceptors (Lipinski definition) is 7. The Balaban J connectivity index is 1.59. The number of ether oxygens (including phenoxy) is 1. The zero-order valence-corrected chi connectivity index (χ0v) is 19.4. The maximum absolute atomic E-state index is 14.9. The number of hydrogen-bond donors (Lipinski definition) is 2. The fourth-order valence-corrected chi connectivity index (χ4v) is 5.60. The number of anilines is 2. The molecular weight excluding hydrogens is 475 g/mol. The highest BCUT2D eigenvalue weighted by Gasteiger charge is 2.24. The topological polar surface area (TPSA) is 83.6 Å². The van der Waals surface area contributed by atoms with Crippen LogP contribution in [0.25, 0.3) is 0 Å². The smallest absolute Gasteiger partial charge is 0.266 e. The third-order valence-corrected chi connectivity index (χ3v) is 7.53. The van der Waals surface area contributed by atoms with Gasteiger partial charge in [-0.1, -0.05) is 41.9 Å². The van der Waals surface area contributed by atoms with Crippen molar-refractivity contribution < 1.29 is 17.5 Å². The highest BCUT2D eigenvalue weighted by Crippen LogP contribution is 2.32. The molecule has 1 aliphatic heterocycles. The number of morpholine rings is 1. The number of sulfonamides is 1. The lowest BCUT2D eigenvalue weighted by molar-refractivity contribution is 0.0361. The molecule has 4 rings (SSSR count). The van der Waals surface area contributed by atoms with E-state index in [1.165, 1.54) is 6.20 Å². The summed E-state index contributed by atoms with van der Waals surface area (Å²) in [5, 5.41) is 5.17. The van der Waals surface area contributed by atoms with Crippen molar-refractivity contribution in [3.63, 3.8) is 0 Å². The minimum atomic E-state index is -4.17. The van der Waals surface area contributed by atoms with Gasteiger partial charge in [0.1, 0.15) is 10.7 Å². The molecule has 2 aromatic carbocycles. The first-order valence-electron chi connectivity index (χ1n) is 9.95. The van der Waals surface area contributed by atoms with Gasteiger partial charge in [-0.3, -0.25) is 9.62 Å². The molecule has 3 aromatic rings. The van der Waals surface area contributed by atoms with Crippen molar-refractivity contribution in [2.45, 2.75) is 10.9 Å². The minimum Gasteiger partial charge on any atom is -0.379 e. The predicted molar refractivity (Wildman–Crippen MR) is 124 cm³/mol. The van der Waals surface area contributed by atoms with Crippen LogP contribution in [0, 0.1) is 5.82 Å². The summed E-state index contributed by atoms with van der Waals surface area (Å²) in [6.07, 6.45) is 1.46. The number of aromatic nitrogens is 1. The molecule has 1 aliphatic rings. The molecule has 0 amide bonds. The molecule has 32 heavy (non-hydrogen) atoms. The molecule has 2 N–H and O–H groups in total. The van der Waals surface area contributed by atoms with Crippen LogP contribution in [0.4, 0.5) is 15.2 Å². The van der Waals surface area contributed by atoms with Crippen LogP contribution in [-0.2, 0) is 14.8 Å². The van der Waals surface area contributed by atoms with Crippen molar-refractivity contribution in [2.75, 3.05) is 42.9 Å². The van der Waals surface area contributed by atoms with E-state index < -0.39 is 20.7 Å². The molecule has 1 fully saturated rings. The van der Waals surface area contributed by atoms with E-state index >= 15 is 0 Å². The van der Waals surface area contributed by atoms with E-state index in [-0.39, 0.29) is 16.2 Å². The number of rotatable bonds is 8. The molecule has 1 aromatic heterocycles. The summed E-state index contributed by atoms with van der Waals surface area (Å²) in [5.74, 6) is -0.904. The Morgan fingerprint density at radius 1 is 1.22 bits per heavy atom. The van der Waals surface area contributed by atoms with Crippen LogP contribution < -0.4 is 10.0 Å². The number of benzene rings is 2. The highest BCUT2D eigenvalue weighted by atomic mass is 35.5. The van der Waals surface area contributed by atoms with Gasteiger partial charge in [-0.25, -0.2) is 17.8 Å². The third kappa shape index (κ3) is 5.57. The molecule has 0 spiro atoms. The Morgan fingerprint density at radius 3 is 2.66 bits per heavy atom. The number of halogens is 2. The average Bonchev–Trinajstić information content (AvgIpc) is 3.29. The van der Waals surface area contributed by atoms with Gasteiger partial charge in [0.15, 0.2) is 5.13 Å². The van der Waals surface area contributed by atoms with E-state index in [1.807, 2.05) is 30.3 Å². The first-order chi connectivity index (χ1) is 15.4. The van der Waals surface area contributed by atoms with Crippen LogP contribution in [0.15, 0.2) is 58.9 Å². The van der Waals surface area contributed by atoms with Gasteiger partial charge in [0, 0.05) is 31.2 Å². The summed E-state index contributed by atoms with van der Waals surface area (Å²) in [7, 11) is -4.17. The maximum atomic E-state index is 14.9. The molecule has 0 radical (unpaired) electrons. The van der Waals surface area contributed by atoms with E-state index in [0.717, 1.165) is 42.1 Å². The van der Waals surface area contributed by atoms with Gasteiger partial charge in [0.2, 0.25) is 0 Å². The molecule has 0 aliphatic carbocycles. The van der Waals surface area contributed by atoms with E-state index in [4.69, 9.17) is 16.3 Å². The molecule has 1 saturated heterocycles. The molecule has 11 heteroatoms. The van der Waals surface area contributed by atoms with Crippen LogP contribution >= 0.6 is 22.9 Å². The quantitative estimate of drug-likeness (QED) is 0.486. The predicted octanol–water partition coefficient (Wildman–Crippen LogP) is 4.22. The van der Waals surface area contributed by atoms with Crippen molar-refractivity contribution >= 4 is 43.8 Å². The molecule has 170 valence electrons. The number of thiazole rings is 1. The van der Waals surface area contributed by atoms with Crippen LogP contribution in [-0.4, -0.2) is 51.1 Å². The Morgan fingerprint density at radius 2 is 1.97 bits per heavy atom. The van der Waals surface area contributed by atoms with Gasteiger partial charge in [-0.05, 0) is 17.7 Å². The molecular formula is C21H22ClFN4O3S2. The number of nitrogens with zero attached hydrogens (tertiary/aromatic N) is 2.